The van der Waals surface area contributed by atoms with Crippen molar-refractivity contribution in [2.45, 2.75) is 23.2 Å². The molecule has 0 saturated carbocycles. The van der Waals surface area contributed by atoms with E-state index >= 15 is 0 Å². The smallest absolute Gasteiger partial charge is 0.276 e. The van der Waals surface area contributed by atoms with Crippen molar-refractivity contribution in [1.82, 2.24) is 4.31 Å². The largest absolute Gasteiger partial charge is 0.320 e. The fourth-order valence-electron chi connectivity index (χ4n) is 2.48. The van der Waals surface area contributed by atoms with E-state index in [1.54, 1.807) is 17.5 Å². The lowest BCUT2D eigenvalue weighted by atomic mass is 10.1. The zero-order valence-electron chi connectivity index (χ0n) is 13.8. The molecular formula is C18H18N2O3S3. The maximum absolute atomic E-state index is 13.0. The summed E-state index contributed by atoms with van der Waals surface area (Å²) < 4.78 is 27.0. The minimum Gasteiger partial charge on any atom is -0.320 e. The number of amides is 1. The molecule has 0 aliphatic carbocycles. The molecule has 0 spiro atoms. The molecule has 2 aromatic heterocycles. The number of benzene rings is 1. The predicted octanol–water partition coefficient (Wildman–Crippen LogP) is 3.10. The number of sulfonamides is 1. The summed E-state index contributed by atoms with van der Waals surface area (Å²) in [5.41, 5.74) is 6.97. The molecule has 3 rings (SSSR count). The lowest BCUT2D eigenvalue weighted by Gasteiger charge is -2.24. The van der Waals surface area contributed by atoms with Gasteiger partial charge in [-0.1, -0.05) is 42.5 Å². The van der Waals surface area contributed by atoms with E-state index in [9.17, 15) is 13.2 Å². The van der Waals surface area contributed by atoms with Crippen LogP contribution in [0.25, 0.3) is 0 Å². The third-order valence-corrected chi connectivity index (χ3v) is 7.76. The summed E-state index contributed by atoms with van der Waals surface area (Å²) in [7, 11) is -3.94. The summed E-state index contributed by atoms with van der Waals surface area (Å²) in [6.45, 7) is -0.0147. The molecule has 2 N–H and O–H groups in total. The lowest BCUT2D eigenvalue weighted by molar-refractivity contribution is -0.128. The summed E-state index contributed by atoms with van der Waals surface area (Å²) in [5.74, 6) is -0.601. The normalized spacial score (nSPS) is 12.7. The topological polar surface area (TPSA) is 80.5 Å². The van der Waals surface area contributed by atoms with Crippen LogP contribution in [-0.4, -0.2) is 24.7 Å². The van der Waals surface area contributed by atoms with Crippen LogP contribution in [0.15, 0.2) is 69.6 Å². The first-order valence-electron chi connectivity index (χ1n) is 7.90. The summed E-state index contributed by atoms with van der Waals surface area (Å²) in [6.07, 6.45) is 0.278. The maximum atomic E-state index is 13.0. The average Bonchev–Trinajstić information content (AvgIpc) is 3.33. The van der Waals surface area contributed by atoms with Gasteiger partial charge in [-0.3, -0.25) is 4.79 Å². The summed E-state index contributed by atoms with van der Waals surface area (Å²) in [4.78, 5) is 13.7. The van der Waals surface area contributed by atoms with Crippen molar-refractivity contribution in [2.24, 2.45) is 5.73 Å². The molecule has 0 bridgehead atoms. The lowest BCUT2D eigenvalue weighted by Crippen LogP contribution is -2.47. The predicted molar refractivity (Wildman–Crippen MR) is 104 cm³/mol. The van der Waals surface area contributed by atoms with Crippen molar-refractivity contribution in [2.75, 3.05) is 0 Å². The summed E-state index contributed by atoms with van der Waals surface area (Å²) in [5, 5.41) is 3.52. The molecule has 0 radical (unpaired) electrons. The van der Waals surface area contributed by atoms with Crippen molar-refractivity contribution in [3.63, 3.8) is 0 Å². The van der Waals surface area contributed by atoms with E-state index in [2.05, 4.69) is 0 Å². The van der Waals surface area contributed by atoms with Gasteiger partial charge in [-0.25, -0.2) is 12.7 Å². The molecule has 1 aromatic carbocycles. The average molecular weight is 407 g/mol. The minimum absolute atomic E-state index is 0.0147. The second kappa shape index (κ2) is 8.13. The van der Waals surface area contributed by atoms with Gasteiger partial charge in [0.1, 0.15) is 4.21 Å². The summed E-state index contributed by atoms with van der Waals surface area (Å²) in [6, 6.07) is 15.2. The highest BCUT2D eigenvalue weighted by Gasteiger charge is 2.33. The van der Waals surface area contributed by atoms with E-state index in [0.717, 1.165) is 26.1 Å². The minimum atomic E-state index is -3.94. The highest BCUT2D eigenvalue weighted by Crippen LogP contribution is 2.25. The van der Waals surface area contributed by atoms with Crippen LogP contribution in [0.5, 0.6) is 0 Å². The van der Waals surface area contributed by atoms with Crippen molar-refractivity contribution >= 4 is 38.6 Å². The number of rotatable bonds is 7. The zero-order chi connectivity index (χ0) is 18.6. The van der Waals surface area contributed by atoms with E-state index in [1.807, 2.05) is 41.8 Å². The number of hydrogen-bond donors (Lipinski definition) is 1. The fraction of sp³-hybridized carbons (Fsp3) is 0.167. The highest BCUT2D eigenvalue weighted by atomic mass is 32.2. The van der Waals surface area contributed by atoms with E-state index in [0.29, 0.717) is 0 Å². The van der Waals surface area contributed by atoms with Crippen LogP contribution < -0.4 is 5.73 Å². The Morgan fingerprint density at radius 2 is 1.69 bits per heavy atom. The molecule has 136 valence electrons. The fourth-order valence-corrected chi connectivity index (χ4v) is 5.78. The van der Waals surface area contributed by atoms with Crippen molar-refractivity contribution in [3.05, 3.63) is 75.8 Å². The second-order valence-electron chi connectivity index (χ2n) is 5.66. The van der Waals surface area contributed by atoms with Gasteiger partial charge in [-0.2, -0.15) is 0 Å². The monoisotopic (exact) mass is 406 g/mol. The first kappa shape index (κ1) is 18.8. The quantitative estimate of drug-likeness (QED) is 0.654. The van der Waals surface area contributed by atoms with Crippen LogP contribution in [0.1, 0.15) is 10.4 Å². The molecule has 1 unspecified atom stereocenters. The second-order valence-corrected chi connectivity index (χ2v) is 9.73. The molecule has 0 aliphatic rings. The van der Waals surface area contributed by atoms with Crippen LogP contribution in [0, 0.1) is 0 Å². The Labute approximate surface area is 160 Å². The van der Waals surface area contributed by atoms with Gasteiger partial charge in [-0.05, 0) is 34.9 Å². The van der Waals surface area contributed by atoms with E-state index in [4.69, 9.17) is 5.73 Å². The maximum Gasteiger partial charge on any atom is 0.276 e. The van der Waals surface area contributed by atoms with Gasteiger partial charge in [0, 0.05) is 4.88 Å². The molecule has 2 heterocycles. The third kappa shape index (κ3) is 4.21. The van der Waals surface area contributed by atoms with E-state index < -0.39 is 22.0 Å². The molecule has 5 nitrogen and oxygen atoms in total. The number of hydrogen-bond acceptors (Lipinski definition) is 6. The van der Waals surface area contributed by atoms with E-state index in [1.165, 1.54) is 17.4 Å². The molecule has 1 amide bonds. The molecule has 0 aliphatic heterocycles. The van der Waals surface area contributed by atoms with Gasteiger partial charge in [0.25, 0.3) is 15.9 Å². The van der Waals surface area contributed by atoms with Gasteiger partial charge in [0.05, 0.1) is 12.6 Å². The number of nitrogens with two attached hydrogens (primary N) is 1. The zero-order valence-corrected chi connectivity index (χ0v) is 16.3. The van der Waals surface area contributed by atoms with E-state index in [-0.39, 0.29) is 17.2 Å². The van der Waals surface area contributed by atoms with Crippen molar-refractivity contribution in [3.8, 4) is 0 Å². The molecule has 0 saturated heterocycles. The Kier molecular flexibility index (Phi) is 5.87. The first-order valence-corrected chi connectivity index (χ1v) is 11.1. The molecule has 8 heteroatoms. The molecule has 3 aromatic rings. The highest BCUT2D eigenvalue weighted by molar-refractivity contribution is 7.91. The SMILES string of the molecule is NC(Cc1ccccc1)C(=O)N(Cc1cccs1)S(=O)(=O)c1cccs1. The summed E-state index contributed by atoms with van der Waals surface area (Å²) >= 11 is 2.49. The van der Waals surface area contributed by atoms with Gasteiger partial charge in [-0.15, -0.1) is 22.7 Å². The van der Waals surface area contributed by atoms with Crippen molar-refractivity contribution < 1.29 is 13.2 Å². The number of carbonyl (C=O) groups is 1. The van der Waals surface area contributed by atoms with Crippen LogP contribution in [0.3, 0.4) is 0 Å². The molecule has 1 atom stereocenters. The van der Waals surface area contributed by atoms with Gasteiger partial charge in [0.15, 0.2) is 0 Å². The van der Waals surface area contributed by atoms with Crippen LogP contribution in [0.4, 0.5) is 0 Å². The first-order chi connectivity index (χ1) is 12.5. The Morgan fingerprint density at radius 3 is 2.31 bits per heavy atom. The third-order valence-electron chi connectivity index (χ3n) is 3.78. The molecule has 26 heavy (non-hydrogen) atoms. The Balaban J connectivity index is 1.88. The molecule has 0 fully saturated rings. The van der Waals surface area contributed by atoms with Crippen molar-refractivity contribution in [1.29, 1.82) is 0 Å². The number of thiophene rings is 2. The van der Waals surface area contributed by atoms with Crippen LogP contribution >= 0.6 is 22.7 Å². The Morgan fingerprint density at radius 1 is 1.00 bits per heavy atom. The number of nitrogens with zero attached hydrogens (tertiary/aromatic N) is 1. The van der Waals surface area contributed by atoms with Gasteiger partial charge >= 0.3 is 0 Å². The van der Waals surface area contributed by atoms with Crippen LogP contribution in [0.2, 0.25) is 0 Å². The standard InChI is InChI=1S/C18H18N2O3S3/c19-16(12-14-6-2-1-3-7-14)18(21)20(13-15-8-4-10-24-15)26(22,23)17-9-5-11-25-17/h1-11,16H,12-13,19H2. The van der Waals surface area contributed by atoms with Gasteiger partial charge in [0.2, 0.25) is 0 Å². The molecular weight excluding hydrogens is 388 g/mol. The number of carbonyl (C=O) groups excluding carboxylic acids is 1. The Bertz CT molecular complexity index is 937. The van der Waals surface area contributed by atoms with Gasteiger partial charge < -0.3 is 5.73 Å². The Hall–Kier alpha value is -2.00. The van der Waals surface area contributed by atoms with Crippen LogP contribution in [-0.2, 0) is 27.8 Å².